The molecule has 0 bridgehead atoms. The van der Waals surface area contributed by atoms with Crippen LogP contribution < -0.4 is 20.9 Å². The molecule has 1 aromatic carbocycles. The van der Waals surface area contributed by atoms with Crippen LogP contribution in [-0.4, -0.2) is 37.5 Å². The van der Waals surface area contributed by atoms with Crippen molar-refractivity contribution in [3.63, 3.8) is 0 Å². The van der Waals surface area contributed by atoms with Gasteiger partial charge < -0.3 is 10.1 Å². The first kappa shape index (κ1) is 25.2. The Balaban J connectivity index is 1.57. The molecule has 0 spiro atoms. The van der Waals surface area contributed by atoms with Crippen molar-refractivity contribution in [2.75, 3.05) is 16.2 Å². The molecule has 37 heavy (non-hydrogen) atoms. The summed E-state index contributed by atoms with van der Waals surface area (Å²) in [6.45, 7) is 7.80. The Labute approximate surface area is 216 Å². The second-order valence-electron chi connectivity index (χ2n) is 8.37. The molecule has 4 rings (SSSR count). The summed E-state index contributed by atoms with van der Waals surface area (Å²) in [6, 6.07) is 16.9. The van der Waals surface area contributed by atoms with Gasteiger partial charge in [-0.3, -0.25) is 20.8 Å². The molecule has 0 fully saturated rings. The molecule has 0 saturated carbocycles. The molecule has 10 nitrogen and oxygen atoms in total. The topological polar surface area (TPSA) is 122 Å². The quantitative estimate of drug-likeness (QED) is 0.196. The maximum Gasteiger partial charge on any atom is 0.231 e. The van der Waals surface area contributed by atoms with E-state index >= 15 is 0 Å². The smallest absolute Gasteiger partial charge is 0.231 e. The zero-order valence-electron chi connectivity index (χ0n) is 21.2. The van der Waals surface area contributed by atoms with Gasteiger partial charge in [0.1, 0.15) is 5.75 Å². The Morgan fingerprint density at radius 1 is 0.730 bits per heavy atom. The van der Waals surface area contributed by atoms with Gasteiger partial charge in [-0.2, -0.15) is 20.2 Å². The highest BCUT2D eigenvalue weighted by molar-refractivity contribution is 5.99. The van der Waals surface area contributed by atoms with E-state index in [0.717, 1.165) is 34.0 Å². The molecule has 0 aliphatic carbocycles. The fourth-order valence-electron chi connectivity index (χ4n) is 3.23. The minimum absolute atomic E-state index is 0.103. The number of rotatable bonds is 10. The molecule has 3 aromatic heterocycles. The lowest BCUT2D eigenvalue weighted by Crippen LogP contribution is -2.07. The van der Waals surface area contributed by atoms with E-state index in [-0.39, 0.29) is 6.10 Å². The first-order chi connectivity index (χ1) is 18.0. The van der Waals surface area contributed by atoms with E-state index in [1.165, 1.54) is 0 Å². The van der Waals surface area contributed by atoms with Crippen molar-refractivity contribution in [1.29, 1.82) is 0 Å². The number of pyridine rings is 2. The average Bonchev–Trinajstić information content (AvgIpc) is 2.92. The molecule has 0 saturated heterocycles. The first-order valence-corrected chi connectivity index (χ1v) is 11.8. The molecule has 0 atom stereocenters. The van der Waals surface area contributed by atoms with Gasteiger partial charge in [-0.15, -0.1) is 0 Å². The van der Waals surface area contributed by atoms with Gasteiger partial charge in [-0.1, -0.05) is 0 Å². The van der Waals surface area contributed by atoms with Crippen LogP contribution in [0.1, 0.15) is 38.8 Å². The monoisotopic (exact) mass is 495 g/mol. The molecular formula is C27H29N9O. The minimum atomic E-state index is 0.103. The predicted molar refractivity (Wildman–Crippen MR) is 148 cm³/mol. The van der Waals surface area contributed by atoms with Crippen LogP contribution in [-0.2, 0) is 0 Å². The van der Waals surface area contributed by atoms with E-state index in [2.05, 4.69) is 46.3 Å². The molecular weight excluding hydrogens is 466 g/mol. The third-order valence-corrected chi connectivity index (χ3v) is 5.08. The highest BCUT2D eigenvalue weighted by Crippen LogP contribution is 2.22. The van der Waals surface area contributed by atoms with Gasteiger partial charge >= 0.3 is 0 Å². The minimum Gasteiger partial charge on any atom is -0.491 e. The lowest BCUT2D eigenvalue weighted by molar-refractivity contribution is 0.242. The van der Waals surface area contributed by atoms with Crippen molar-refractivity contribution >= 4 is 34.7 Å². The van der Waals surface area contributed by atoms with Crippen molar-refractivity contribution in [3.8, 4) is 5.75 Å². The van der Waals surface area contributed by atoms with Crippen LogP contribution >= 0.6 is 0 Å². The zero-order valence-corrected chi connectivity index (χ0v) is 21.2. The van der Waals surface area contributed by atoms with Crippen LogP contribution in [0.4, 0.5) is 23.3 Å². The summed E-state index contributed by atoms with van der Waals surface area (Å²) in [7, 11) is 0. The number of nitrogens with zero attached hydrogens (tertiary/aromatic N) is 6. The molecule has 0 aliphatic heterocycles. The van der Waals surface area contributed by atoms with Gasteiger partial charge in [0, 0.05) is 47.7 Å². The lowest BCUT2D eigenvalue weighted by Gasteiger charge is -2.12. The SMILES string of the molecule is CC(=NNc1cc(NN=C(C)c2ccncc2)nc(Nc2ccc(OC(C)C)cc2)n1)c1ccncc1. The number of hydrogen-bond acceptors (Lipinski definition) is 10. The van der Waals surface area contributed by atoms with E-state index in [4.69, 9.17) is 4.74 Å². The molecule has 0 radical (unpaired) electrons. The van der Waals surface area contributed by atoms with Gasteiger partial charge in [0.2, 0.25) is 5.95 Å². The maximum absolute atomic E-state index is 5.72. The summed E-state index contributed by atoms with van der Waals surface area (Å²) in [5, 5.41) is 12.2. The molecule has 0 amide bonds. The summed E-state index contributed by atoms with van der Waals surface area (Å²) in [5.41, 5.74) is 10.3. The Kier molecular flexibility index (Phi) is 8.33. The van der Waals surface area contributed by atoms with Crippen LogP contribution in [0.5, 0.6) is 5.75 Å². The van der Waals surface area contributed by atoms with Gasteiger partial charge in [-0.25, -0.2) is 0 Å². The average molecular weight is 496 g/mol. The van der Waals surface area contributed by atoms with Crippen LogP contribution in [0.2, 0.25) is 0 Å². The Morgan fingerprint density at radius 3 is 1.68 bits per heavy atom. The number of aromatic nitrogens is 4. The summed E-state index contributed by atoms with van der Waals surface area (Å²) in [5.74, 6) is 2.15. The molecule has 3 heterocycles. The summed E-state index contributed by atoms with van der Waals surface area (Å²) in [4.78, 5) is 17.2. The molecule has 0 unspecified atom stereocenters. The Hall–Kier alpha value is -4.86. The van der Waals surface area contributed by atoms with E-state index in [0.29, 0.717) is 17.6 Å². The van der Waals surface area contributed by atoms with E-state index in [9.17, 15) is 0 Å². The summed E-state index contributed by atoms with van der Waals surface area (Å²) < 4.78 is 5.72. The van der Waals surface area contributed by atoms with Crippen LogP contribution in [0, 0.1) is 0 Å². The normalized spacial score (nSPS) is 11.8. The van der Waals surface area contributed by atoms with Crippen LogP contribution in [0.15, 0.2) is 89.6 Å². The highest BCUT2D eigenvalue weighted by Gasteiger charge is 2.07. The standard InChI is InChI=1S/C27H29N9O/c1-18(2)37-24-7-5-23(6-8-24)30-27-31-25(35-33-19(3)21-9-13-28-14-10-21)17-26(32-27)36-34-20(4)22-11-15-29-16-12-22/h5-18H,1-4H3,(H3,30,31,32,35,36). The van der Waals surface area contributed by atoms with Crippen LogP contribution in [0.25, 0.3) is 0 Å². The molecule has 4 aromatic rings. The van der Waals surface area contributed by atoms with Crippen molar-refractivity contribution in [2.45, 2.75) is 33.8 Å². The third kappa shape index (κ3) is 7.56. The number of benzene rings is 1. The van der Waals surface area contributed by atoms with Crippen LogP contribution in [0.3, 0.4) is 0 Å². The van der Waals surface area contributed by atoms with Crippen molar-refractivity contribution < 1.29 is 4.74 Å². The fourth-order valence-corrected chi connectivity index (χ4v) is 3.23. The van der Waals surface area contributed by atoms with Crippen molar-refractivity contribution in [3.05, 3.63) is 90.5 Å². The second kappa shape index (κ2) is 12.2. The first-order valence-electron chi connectivity index (χ1n) is 11.8. The molecule has 0 aliphatic rings. The zero-order chi connectivity index (χ0) is 26.0. The second-order valence-corrected chi connectivity index (χ2v) is 8.37. The van der Waals surface area contributed by atoms with Crippen molar-refractivity contribution in [1.82, 2.24) is 19.9 Å². The number of hydrazone groups is 2. The number of nitrogens with one attached hydrogen (secondary N) is 3. The van der Waals surface area contributed by atoms with E-state index in [1.807, 2.05) is 76.2 Å². The lowest BCUT2D eigenvalue weighted by atomic mass is 10.2. The maximum atomic E-state index is 5.72. The van der Waals surface area contributed by atoms with Gasteiger partial charge in [0.15, 0.2) is 11.6 Å². The Morgan fingerprint density at radius 2 is 1.22 bits per heavy atom. The summed E-state index contributed by atoms with van der Waals surface area (Å²) in [6.07, 6.45) is 7.01. The number of hydrogen-bond donors (Lipinski definition) is 3. The predicted octanol–water partition coefficient (Wildman–Crippen LogP) is 5.47. The molecule has 10 heteroatoms. The Bertz CT molecular complexity index is 1280. The number of ether oxygens (including phenoxy) is 1. The molecule has 3 N–H and O–H groups in total. The third-order valence-electron chi connectivity index (χ3n) is 5.08. The van der Waals surface area contributed by atoms with Gasteiger partial charge in [0.05, 0.1) is 17.5 Å². The van der Waals surface area contributed by atoms with Crippen molar-refractivity contribution in [2.24, 2.45) is 10.2 Å². The number of anilines is 4. The highest BCUT2D eigenvalue weighted by atomic mass is 16.5. The summed E-state index contributed by atoms with van der Waals surface area (Å²) >= 11 is 0. The molecule has 188 valence electrons. The van der Waals surface area contributed by atoms with Gasteiger partial charge in [0.25, 0.3) is 0 Å². The van der Waals surface area contributed by atoms with Gasteiger partial charge in [-0.05, 0) is 76.2 Å². The van der Waals surface area contributed by atoms with E-state index in [1.54, 1.807) is 30.9 Å². The fraction of sp³-hybridized carbons (Fsp3) is 0.185. The van der Waals surface area contributed by atoms with E-state index < -0.39 is 0 Å². The largest absolute Gasteiger partial charge is 0.491 e.